The summed E-state index contributed by atoms with van der Waals surface area (Å²) in [7, 11) is 0. The number of rotatable bonds is 4. The van der Waals surface area contributed by atoms with Crippen LogP contribution in [0, 0.1) is 0 Å². The van der Waals surface area contributed by atoms with Gasteiger partial charge in [0.2, 0.25) is 0 Å². The second-order valence-corrected chi connectivity index (χ2v) is 5.13. The van der Waals surface area contributed by atoms with Gasteiger partial charge in [-0.3, -0.25) is 4.57 Å². The van der Waals surface area contributed by atoms with E-state index in [1.54, 1.807) is 12.5 Å². The molecule has 0 radical (unpaired) electrons. The van der Waals surface area contributed by atoms with E-state index in [0.717, 1.165) is 11.3 Å². The van der Waals surface area contributed by atoms with Gasteiger partial charge in [0.05, 0.1) is 12.3 Å². The molecular formula is C16H17N3O2. The van der Waals surface area contributed by atoms with Gasteiger partial charge < -0.3 is 9.52 Å². The number of aliphatic hydroxyl groups excluding tert-OH is 1. The molecule has 3 aromatic rings. The van der Waals surface area contributed by atoms with Crippen molar-refractivity contribution in [1.29, 1.82) is 0 Å². The van der Waals surface area contributed by atoms with Crippen molar-refractivity contribution in [2.24, 2.45) is 0 Å². The lowest BCUT2D eigenvalue weighted by Crippen LogP contribution is -2.01. The Bertz CT molecular complexity index is 743. The highest BCUT2D eigenvalue weighted by Crippen LogP contribution is 2.25. The van der Waals surface area contributed by atoms with Gasteiger partial charge in [0, 0.05) is 23.9 Å². The van der Waals surface area contributed by atoms with Crippen LogP contribution in [0.5, 0.6) is 0 Å². The molecule has 5 nitrogen and oxygen atoms in total. The molecular weight excluding hydrogens is 266 g/mol. The molecule has 0 spiro atoms. The Hall–Kier alpha value is -2.40. The summed E-state index contributed by atoms with van der Waals surface area (Å²) >= 11 is 0. The van der Waals surface area contributed by atoms with Crippen LogP contribution in [0.3, 0.4) is 0 Å². The number of para-hydroxylation sites is 1. The topological polar surface area (TPSA) is 64.1 Å². The number of hydrogen-bond acceptors (Lipinski definition) is 4. The van der Waals surface area contributed by atoms with Gasteiger partial charge in [-0.1, -0.05) is 32.0 Å². The molecule has 3 rings (SSSR count). The number of aliphatic hydroxyl groups is 1. The minimum atomic E-state index is -0.0240. The highest BCUT2D eigenvalue weighted by atomic mass is 16.3. The highest BCUT2D eigenvalue weighted by Gasteiger charge is 2.15. The van der Waals surface area contributed by atoms with Crippen LogP contribution < -0.4 is 0 Å². The second kappa shape index (κ2) is 5.54. The van der Waals surface area contributed by atoms with Gasteiger partial charge in [0.1, 0.15) is 12.0 Å². The molecule has 0 aliphatic heterocycles. The molecule has 0 amide bonds. The zero-order valence-corrected chi connectivity index (χ0v) is 12.0. The van der Waals surface area contributed by atoms with Gasteiger partial charge in [-0.15, -0.1) is 0 Å². The third-order valence-electron chi connectivity index (χ3n) is 3.31. The SMILES string of the molecule is CC(C)c1nc(-c2nccn2-c2ccccc2CO)co1. The Kier molecular flexibility index (Phi) is 3.58. The number of benzene rings is 1. The molecule has 1 aromatic carbocycles. The molecule has 0 aliphatic carbocycles. The highest BCUT2D eigenvalue weighted by molar-refractivity contribution is 5.55. The molecule has 0 unspecified atom stereocenters. The molecule has 5 heteroatoms. The average Bonchev–Trinajstić information content (AvgIpc) is 3.15. The number of nitrogens with zero attached hydrogens (tertiary/aromatic N) is 3. The minimum absolute atomic E-state index is 0.0240. The number of oxazole rings is 1. The van der Waals surface area contributed by atoms with Crippen molar-refractivity contribution in [2.45, 2.75) is 26.4 Å². The van der Waals surface area contributed by atoms with Crippen LogP contribution >= 0.6 is 0 Å². The molecule has 0 aliphatic rings. The predicted molar refractivity (Wildman–Crippen MR) is 79.1 cm³/mol. The lowest BCUT2D eigenvalue weighted by Gasteiger charge is -2.10. The van der Waals surface area contributed by atoms with Crippen molar-refractivity contribution in [3.8, 4) is 17.2 Å². The fourth-order valence-electron chi connectivity index (χ4n) is 2.22. The number of hydrogen-bond donors (Lipinski definition) is 1. The van der Waals surface area contributed by atoms with E-state index < -0.39 is 0 Å². The smallest absolute Gasteiger partial charge is 0.197 e. The molecule has 2 heterocycles. The third-order valence-corrected chi connectivity index (χ3v) is 3.31. The minimum Gasteiger partial charge on any atom is -0.448 e. The first-order valence-corrected chi connectivity index (χ1v) is 6.89. The second-order valence-electron chi connectivity index (χ2n) is 5.13. The fourth-order valence-corrected chi connectivity index (χ4v) is 2.22. The summed E-state index contributed by atoms with van der Waals surface area (Å²) < 4.78 is 7.39. The summed E-state index contributed by atoms with van der Waals surface area (Å²) in [6.45, 7) is 4.04. The summed E-state index contributed by atoms with van der Waals surface area (Å²) in [5, 5.41) is 9.49. The maximum absolute atomic E-state index is 9.49. The average molecular weight is 283 g/mol. The number of aromatic nitrogens is 3. The Morgan fingerprint density at radius 3 is 2.81 bits per heavy atom. The maximum Gasteiger partial charge on any atom is 0.197 e. The summed E-state index contributed by atoms with van der Waals surface area (Å²) in [5.41, 5.74) is 2.42. The first kappa shape index (κ1) is 13.6. The number of imidazole rings is 1. The lowest BCUT2D eigenvalue weighted by molar-refractivity contribution is 0.281. The van der Waals surface area contributed by atoms with Crippen LogP contribution in [0.1, 0.15) is 31.2 Å². The molecule has 2 aromatic heterocycles. The lowest BCUT2D eigenvalue weighted by atomic mass is 10.2. The molecule has 0 fully saturated rings. The largest absolute Gasteiger partial charge is 0.448 e. The normalized spacial score (nSPS) is 11.2. The standard InChI is InChI=1S/C16H17N3O2/c1-11(2)16-18-13(10-21-16)15-17-7-8-19(15)14-6-4-3-5-12(14)9-20/h3-8,10-11,20H,9H2,1-2H3. The van der Waals surface area contributed by atoms with Crippen LogP contribution in [-0.4, -0.2) is 19.6 Å². The van der Waals surface area contributed by atoms with Gasteiger partial charge in [0.15, 0.2) is 11.7 Å². The molecule has 108 valence electrons. The van der Waals surface area contributed by atoms with Crippen molar-refractivity contribution < 1.29 is 9.52 Å². The van der Waals surface area contributed by atoms with Gasteiger partial charge in [-0.05, 0) is 6.07 Å². The van der Waals surface area contributed by atoms with E-state index in [2.05, 4.69) is 9.97 Å². The molecule has 0 atom stereocenters. The van der Waals surface area contributed by atoms with Crippen molar-refractivity contribution in [3.63, 3.8) is 0 Å². The van der Waals surface area contributed by atoms with Crippen LogP contribution in [0.4, 0.5) is 0 Å². The van der Waals surface area contributed by atoms with Gasteiger partial charge in [0.25, 0.3) is 0 Å². The van der Waals surface area contributed by atoms with Crippen molar-refractivity contribution in [2.75, 3.05) is 0 Å². The fraction of sp³-hybridized carbons (Fsp3) is 0.250. The van der Waals surface area contributed by atoms with Crippen molar-refractivity contribution in [1.82, 2.24) is 14.5 Å². The van der Waals surface area contributed by atoms with Crippen LogP contribution in [0.25, 0.3) is 17.2 Å². The maximum atomic E-state index is 9.49. The molecule has 0 saturated carbocycles. The quantitative estimate of drug-likeness (QED) is 0.799. The van der Waals surface area contributed by atoms with Crippen molar-refractivity contribution >= 4 is 0 Å². The Morgan fingerprint density at radius 1 is 1.29 bits per heavy atom. The van der Waals surface area contributed by atoms with Gasteiger partial charge in [-0.25, -0.2) is 9.97 Å². The van der Waals surface area contributed by atoms with Crippen LogP contribution in [0.2, 0.25) is 0 Å². The van der Waals surface area contributed by atoms with E-state index in [9.17, 15) is 5.11 Å². The van der Waals surface area contributed by atoms with E-state index in [4.69, 9.17) is 4.42 Å². The molecule has 21 heavy (non-hydrogen) atoms. The van der Waals surface area contributed by atoms with E-state index in [0.29, 0.717) is 17.4 Å². The summed E-state index contributed by atoms with van der Waals surface area (Å²) in [5.74, 6) is 1.62. The van der Waals surface area contributed by atoms with E-state index >= 15 is 0 Å². The zero-order valence-electron chi connectivity index (χ0n) is 12.0. The predicted octanol–water partition coefficient (Wildman–Crippen LogP) is 3.14. The first-order chi connectivity index (χ1) is 10.2. The summed E-state index contributed by atoms with van der Waals surface area (Å²) in [4.78, 5) is 8.85. The van der Waals surface area contributed by atoms with Crippen molar-refractivity contribution in [3.05, 3.63) is 54.4 Å². The van der Waals surface area contributed by atoms with Crippen LogP contribution in [-0.2, 0) is 6.61 Å². The Morgan fingerprint density at radius 2 is 2.10 bits per heavy atom. The van der Waals surface area contributed by atoms with E-state index in [1.165, 1.54) is 0 Å². The summed E-state index contributed by atoms with van der Waals surface area (Å²) in [6.07, 6.45) is 5.19. The Labute approximate surface area is 122 Å². The van der Waals surface area contributed by atoms with E-state index in [1.807, 2.05) is 48.9 Å². The van der Waals surface area contributed by atoms with Gasteiger partial charge >= 0.3 is 0 Å². The monoisotopic (exact) mass is 283 g/mol. The van der Waals surface area contributed by atoms with E-state index in [-0.39, 0.29) is 12.5 Å². The zero-order chi connectivity index (χ0) is 14.8. The third kappa shape index (κ3) is 2.48. The summed E-state index contributed by atoms with van der Waals surface area (Å²) in [6, 6.07) is 7.67. The first-order valence-electron chi connectivity index (χ1n) is 6.89. The molecule has 1 N–H and O–H groups in total. The van der Waals surface area contributed by atoms with Gasteiger partial charge in [-0.2, -0.15) is 0 Å². The molecule has 0 bridgehead atoms. The molecule has 0 saturated heterocycles. The Balaban J connectivity index is 2.08. The van der Waals surface area contributed by atoms with Crippen LogP contribution in [0.15, 0.2) is 47.3 Å².